The number of carbonyl (C=O) groups is 1. The number of hydrogen-bond acceptors (Lipinski definition) is 7. The standard InChI is InChI=1S/C14H15F3N6OS/c1-8-6-10(14(15,16)17)21-13(19-8)23-4-2-22(3-5-23)11(24)9-7-25-12(18)20-9/h6-7H,2-5H2,1H3,(H2,18,20). The number of nitrogen functional groups attached to an aromatic ring is 1. The van der Waals surface area contributed by atoms with Gasteiger partial charge in [-0.05, 0) is 13.0 Å². The van der Waals surface area contributed by atoms with Crippen LogP contribution in [0.1, 0.15) is 21.9 Å². The van der Waals surface area contributed by atoms with Gasteiger partial charge in [0.1, 0.15) is 11.4 Å². The molecule has 2 aromatic rings. The summed E-state index contributed by atoms with van der Waals surface area (Å²) in [4.78, 5) is 27.2. The number of amides is 1. The third kappa shape index (κ3) is 3.81. The first-order valence-electron chi connectivity index (χ1n) is 7.42. The Bertz CT molecular complexity index is 785. The van der Waals surface area contributed by atoms with Crippen LogP contribution in [0.3, 0.4) is 0 Å². The Balaban J connectivity index is 1.70. The van der Waals surface area contributed by atoms with Crippen LogP contribution in [-0.2, 0) is 6.18 Å². The topological polar surface area (TPSA) is 88.2 Å². The first-order valence-corrected chi connectivity index (χ1v) is 8.30. The molecule has 0 unspecified atom stereocenters. The average Bonchev–Trinajstić information content (AvgIpc) is 2.99. The van der Waals surface area contributed by atoms with E-state index in [2.05, 4.69) is 15.0 Å². The number of nitrogens with zero attached hydrogens (tertiary/aromatic N) is 5. The van der Waals surface area contributed by atoms with E-state index in [4.69, 9.17) is 5.73 Å². The molecule has 1 saturated heterocycles. The number of aromatic nitrogens is 3. The second kappa shape index (κ2) is 6.47. The lowest BCUT2D eigenvalue weighted by molar-refractivity contribution is -0.141. The van der Waals surface area contributed by atoms with E-state index in [-0.39, 0.29) is 23.2 Å². The number of piperazine rings is 1. The molecular weight excluding hydrogens is 357 g/mol. The fourth-order valence-electron chi connectivity index (χ4n) is 2.50. The molecule has 0 saturated carbocycles. The maximum atomic E-state index is 12.9. The maximum Gasteiger partial charge on any atom is 0.433 e. The number of thiazole rings is 1. The van der Waals surface area contributed by atoms with Crippen molar-refractivity contribution in [1.29, 1.82) is 0 Å². The molecule has 0 atom stereocenters. The Labute approximate surface area is 145 Å². The molecule has 134 valence electrons. The third-order valence-corrected chi connectivity index (χ3v) is 4.40. The Kier molecular flexibility index (Phi) is 4.50. The zero-order valence-corrected chi connectivity index (χ0v) is 14.1. The minimum Gasteiger partial charge on any atom is -0.375 e. The van der Waals surface area contributed by atoms with Crippen LogP contribution in [0.2, 0.25) is 0 Å². The van der Waals surface area contributed by atoms with Crippen molar-refractivity contribution in [3.05, 3.63) is 28.5 Å². The number of nitrogens with two attached hydrogens (primary N) is 1. The Morgan fingerprint density at radius 2 is 1.88 bits per heavy atom. The summed E-state index contributed by atoms with van der Waals surface area (Å²) in [5, 5.41) is 1.90. The molecule has 0 bridgehead atoms. The van der Waals surface area contributed by atoms with Crippen LogP contribution in [0.4, 0.5) is 24.3 Å². The molecule has 2 N–H and O–H groups in total. The molecule has 11 heteroatoms. The van der Waals surface area contributed by atoms with Gasteiger partial charge >= 0.3 is 6.18 Å². The van der Waals surface area contributed by atoms with E-state index in [1.807, 2.05) is 0 Å². The normalized spacial score (nSPS) is 15.5. The molecule has 3 rings (SSSR count). The van der Waals surface area contributed by atoms with Crippen molar-refractivity contribution >= 4 is 28.3 Å². The fraction of sp³-hybridized carbons (Fsp3) is 0.429. The van der Waals surface area contributed by atoms with Crippen LogP contribution < -0.4 is 10.6 Å². The number of carbonyl (C=O) groups excluding carboxylic acids is 1. The van der Waals surface area contributed by atoms with Gasteiger partial charge in [-0.25, -0.2) is 15.0 Å². The highest BCUT2D eigenvalue weighted by Gasteiger charge is 2.34. The average molecular weight is 372 g/mol. The van der Waals surface area contributed by atoms with E-state index in [1.165, 1.54) is 18.3 Å². The number of rotatable bonds is 2. The van der Waals surface area contributed by atoms with Gasteiger partial charge in [-0.15, -0.1) is 11.3 Å². The van der Waals surface area contributed by atoms with Crippen LogP contribution in [0.5, 0.6) is 0 Å². The summed E-state index contributed by atoms with van der Waals surface area (Å²) in [5.74, 6) is -0.217. The van der Waals surface area contributed by atoms with E-state index < -0.39 is 11.9 Å². The highest BCUT2D eigenvalue weighted by Crippen LogP contribution is 2.29. The van der Waals surface area contributed by atoms with Crippen molar-refractivity contribution in [3.63, 3.8) is 0 Å². The van der Waals surface area contributed by atoms with Gasteiger partial charge in [0.25, 0.3) is 5.91 Å². The van der Waals surface area contributed by atoms with Crippen LogP contribution in [0.25, 0.3) is 0 Å². The number of halogens is 3. The fourth-order valence-corrected chi connectivity index (χ4v) is 3.03. The summed E-state index contributed by atoms with van der Waals surface area (Å²) in [6.45, 7) is 2.86. The van der Waals surface area contributed by atoms with Gasteiger partial charge in [-0.1, -0.05) is 0 Å². The molecule has 1 fully saturated rings. The second-order valence-electron chi connectivity index (χ2n) is 5.54. The molecule has 7 nitrogen and oxygen atoms in total. The Morgan fingerprint density at radius 3 is 2.44 bits per heavy atom. The maximum absolute atomic E-state index is 12.9. The smallest absolute Gasteiger partial charge is 0.375 e. The minimum absolute atomic E-state index is 0.0253. The second-order valence-corrected chi connectivity index (χ2v) is 6.43. The van der Waals surface area contributed by atoms with E-state index in [0.29, 0.717) is 31.3 Å². The quantitative estimate of drug-likeness (QED) is 0.865. The lowest BCUT2D eigenvalue weighted by Crippen LogP contribution is -2.49. The highest BCUT2D eigenvalue weighted by molar-refractivity contribution is 7.13. The first-order chi connectivity index (χ1) is 11.7. The van der Waals surface area contributed by atoms with Crippen molar-refractivity contribution in [1.82, 2.24) is 19.9 Å². The van der Waals surface area contributed by atoms with Gasteiger partial charge in [0.2, 0.25) is 5.95 Å². The molecule has 1 aliphatic heterocycles. The van der Waals surface area contributed by atoms with Crippen molar-refractivity contribution in [2.24, 2.45) is 0 Å². The van der Waals surface area contributed by atoms with E-state index in [0.717, 1.165) is 6.07 Å². The molecule has 0 spiro atoms. The molecule has 2 aromatic heterocycles. The van der Waals surface area contributed by atoms with Crippen molar-refractivity contribution in [3.8, 4) is 0 Å². The molecule has 3 heterocycles. The summed E-state index contributed by atoms with van der Waals surface area (Å²) in [6, 6.07) is 0.913. The molecule has 0 aromatic carbocycles. The monoisotopic (exact) mass is 372 g/mol. The van der Waals surface area contributed by atoms with Crippen LogP contribution >= 0.6 is 11.3 Å². The van der Waals surface area contributed by atoms with Gasteiger partial charge in [0.05, 0.1) is 0 Å². The lowest BCUT2D eigenvalue weighted by atomic mass is 10.3. The predicted octanol–water partition coefficient (Wildman–Crippen LogP) is 1.80. The van der Waals surface area contributed by atoms with Crippen LogP contribution in [0.15, 0.2) is 11.4 Å². The summed E-state index contributed by atoms with van der Waals surface area (Å²) in [5.41, 5.74) is 5.09. The largest absolute Gasteiger partial charge is 0.433 e. The molecule has 0 aliphatic carbocycles. The summed E-state index contributed by atoms with van der Waals surface area (Å²) in [6.07, 6.45) is -4.52. The number of aryl methyl sites for hydroxylation is 1. The van der Waals surface area contributed by atoms with Crippen LogP contribution in [-0.4, -0.2) is 51.9 Å². The van der Waals surface area contributed by atoms with Gasteiger partial charge in [-0.3, -0.25) is 4.79 Å². The zero-order chi connectivity index (χ0) is 18.2. The number of alkyl halides is 3. The predicted molar refractivity (Wildman–Crippen MR) is 86.4 cm³/mol. The SMILES string of the molecule is Cc1cc(C(F)(F)F)nc(N2CCN(C(=O)c3csc(N)n3)CC2)n1. The highest BCUT2D eigenvalue weighted by atomic mass is 32.1. The summed E-state index contributed by atoms with van der Waals surface area (Å²) >= 11 is 1.18. The van der Waals surface area contributed by atoms with Crippen molar-refractivity contribution in [2.75, 3.05) is 36.8 Å². The van der Waals surface area contributed by atoms with Gasteiger partial charge in [-0.2, -0.15) is 13.2 Å². The van der Waals surface area contributed by atoms with Gasteiger partial charge < -0.3 is 15.5 Å². The Hall–Kier alpha value is -2.43. The molecule has 1 amide bonds. The van der Waals surface area contributed by atoms with E-state index in [9.17, 15) is 18.0 Å². The minimum atomic E-state index is -4.52. The van der Waals surface area contributed by atoms with Crippen molar-refractivity contribution in [2.45, 2.75) is 13.1 Å². The zero-order valence-electron chi connectivity index (χ0n) is 13.2. The molecule has 1 aliphatic rings. The molecule has 0 radical (unpaired) electrons. The lowest BCUT2D eigenvalue weighted by Gasteiger charge is -2.34. The Morgan fingerprint density at radius 1 is 1.20 bits per heavy atom. The third-order valence-electron chi connectivity index (χ3n) is 3.72. The summed E-state index contributed by atoms with van der Waals surface area (Å²) < 4.78 is 38.7. The van der Waals surface area contributed by atoms with Gasteiger partial charge in [0.15, 0.2) is 5.13 Å². The summed E-state index contributed by atoms with van der Waals surface area (Å²) in [7, 11) is 0. The van der Waals surface area contributed by atoms with E-state index >= 15 is 0 Å². The van der Waals surface area contributed by atoms with Crippen molar-refractivity contribution < 1.29 is 18.0 Å². The molecular formula is C14H15F3N6OS. The number of anilines is 2. The van der Waals surface area contributed by atoms with Gasteiger partial charge in [0, 0.05) is 37.3 Å². The first kappa shape index (κ1) is 17.4. The van der Waals surface area contributed by atoms with E-state index in [1.54, 1.807) is 15.2 Å². The molecule has 25 heavy (non-hydrogen) atoms. The number of hydrogen-bond donors (Lipinski definition) is 1. The van der Waals surface area contributed by atoms with Crippen LogP contribution in [0, 0.1) is 6.92 Å².